The average Bonchev–Trinajstić information content (AvgIpc) is 2.61. The van der Waals surface area contributed by atoms with Gasteiger partial charge in [0.25, 0.3) is 0 Å². The molecule has 0 aliphatic carbocycles. The fourth-order valence-electron chi connectivity index (χ4n) is 2.45. The molecule has 2 heterocycles. The number of nitrogens with zero attached hydrogens (tertiary/aromatic N) is 3. The van der Waals surface area contributed by atoms with Crippen LogP contribution < -0.4 is 5.32 Å². The van der Waals surface area contributed by atoms with Crippen molar-refractivity contribution >= 4 is 17.4 Å². The van der Waals surface area contributed by atoms with Crippen molar-refractivity contribution in [2.24, 2.45) is 0 Å². The molecule has 0 saturated heterocycles. The van der Waals surface area contributed by atoms with Crippen LogP contribution in [-0.4, -0.2) is 15.0 Å². The zero-order chi connectivity index (χ0) is 16.9. The Morgan fingerprint density at radius 1 is 1.12 bits per heavy atom. The van der Waals surface area contributed by atoms with E-state index in [4.69, 9.17) is 11.6 Å². The monoisotopic (exact) mass is 342 g/mol. The number of aryl methyl sites for hydroxylation is 1. The van der Waals surface area contributed by atoms with Gasteiger partial charge in [0.05, 0.1) is 17.4 Å². The molecule has 0 radical (unpaired) electrons. The lowest BCUT2D eigenvalue weighted by atomic mass is 10.0. The number of halogens is 2. The lowest BCUT2D eigenvalue weighted by Crippen LogP contribution is -2.16. The Labute approximate surface area is 144 Å². The van der Waals surface area contributed by atoms with Crippen molar-refractivity contribution in [2.45, 2.75) is 19.4 Å². The number of pyridine rings is 1. The summed E-state index contributed by atoms with van der Waals surface area (Å²) in [6.45, 7) is 1.85. The Morgan fingerprint density at radius 2 is 2.00 bits per heavy atom. The molecular weight excluding hydrogens is 327 g/mol. The highest BCUT2D eigenvalue weighted by Crippen LogP contribution is 2.27. The van der Waals surface area contributed by atoms with E-state index in [9.17, 15) is 4.39 Å². The van der Waals surface area contributed by atoms with Gasteiger partial charge in [-0.15, -0.1) is 0 Å². The zero-order valence-electron chi connectivity index (χ0n) is 13.1. The smallest absolute Gasteiger partial charge is 0.186 e. The number of hydrogen-bond acceptors (Lipinski definition) is 4. The SMILES string of the molecule is CCc1ncnc(NC(c2cccc(Cl)c2)c2ccccn2)c1F. The van der Waals surface area contributed by atoms with Gasteiger partial charge in [0.1, 0.15) is 6.33 Å². The third-order valence-corrected chi connectivity index (χ3v) is 3.88. The molecule has 3 aromatic rings. The van der Waals surface area contributed by atoms with Crippen LogP contribution in [0.4, 0.5) is 10.2 Å². The van der Waals surface area contributed by atoms with Gasteiger partial charge in [-0.1, -0.05) is 36.7 Å². The van der Waals surface area contributed by atoms with E-state index in [0.29, 0.717) is 17.1 Å². The van der Waals surface area contributed by atoms with Gasteiger partial charge < -0.3 is 5.32 Å². The van der Waals surface area contributed by atoms with Crippen LogP contribution >= 0.6 is 11.6 Å². The van der Waals surface area contributed by atoms with E-state index in [1.54, 1.807) is 12.3 Å². The van der Waals surface area contributed by atoms with Crippen LogP contribution in [0.2, 0.25) is 5.02 Å². The molecular formula is C18H16ClFN4. The molecule has 2 aromatic heterocycles. The van der Waals surface area contributed by atoms with Crippen LogP contribution in [0, 0.1) is 5.82 Å². The lowest BCUT2D eigenvalue weighted by Gasteiger charge is -2.20. The molecule has 0 bridgehead atoms. The van der Waals surface area contributed by atoms with E-state index < -0.39 is 5.82 Å². The number of nitrogens with one attached hydrogen (secondary N) is 1. The van der Waals surface area contributed by atoms with E-state index >= 15 is 0 Å². The maximum atomic E-state index is 14.5. The lowest BCUT2D eigenvalue weighted by molar-refractivity contribution is 0.594. The molecule has 6 heteroatoms. The quantitative estimate of drug-likeness (QED) is 0.745. The largest absolute Gasteiger partial charge is 0.355 e. The van der Waals surface area contributed by atoms with E-state index in [-0.39, 0.29) is 11.9 Å². The van der Waals surface area contributed by atoms with Crippen LogP contribution in [-0.2, 0) is 6.42 Å². The number of hydrogen-bond donors (Lipinski definition) is 1. The molecule has 1 aromatic carbocycles. The summed E-state index contributed by atoms with van der Waals surface area (Å²) in [6, 6.07) is 12.6. The normalized spacial score (nSPS) is 12.0. The molecule has 0 aliphatic heterocycles. The Hall–Kier alpha value is -2.53. The standard InChI is InChI=1S/C18H16ClFN4/c1-2-14-16(20)18(23-11-22-14)24-17(15-8-3-4-9-21-15)12-6-5-7-13(19)10-12/h3-11,17H,2H2,1H3,(H,22,23,24). The molecule has 1 unspecified atom stereocenters. The topological polar surface area (TPSA) is 50.7 Å². The number of rotatable bonds is 5. The Kier molecular flexibility index (Phi) is 5.01. The van der Waals surface area contributed by atoms with Crippen molar-refractivity contribution < 1.29 is 4.39 Å². The van der Waals surface area contributed by atoms with Gasteiger partial charge in [-0.2, -0.15) is 0 Å². The summed E-state index contributed by atoms with van der Waals surface area (Å²) < 4.78 is 14.5. The predicted octanol–water partition coefficient (Wildman–Crippen LogP) is 4.43. The molecule has 0 aliphatic rings. The summed E-state index contributed by atoms with van der Waals surface area (Å²) in [5.41, 5.74) is 1.99. The summed E-state index contributed by atoms with van der Waals surface area (Å²) in [5, 5.41) is 3.74. The summed E-state index contributed by atoms with van der Waals surface area (Å²) in [6.07, 6.45) is 3.55. The molecule has 3 rings (SSSR count). The van der Waals surface area contributed by atoms with Crippen molar-refractivity contribution in [1.82, 2.24) is 15.0 Å². The number of aromatic nitrogens is 3. The molecule has 0 saturated carbocycles. The zero-order valence-corrected chi connectivity index (χ0v) is 13.8. The maximum absolute atomic E-state index is 14.5. The highest BCUT2D eigenvalue weighted by molar-refractivity contribution is 6.30. The second-order valence-electron chi connectivity index (χ2n) is 5.22. The minimum absolute atomic E-state index is 0.150. The average molecular weight is 343 g/mol. The highest BCUT2D eigenvalue weighted by atomic mass is 35.5. The van der Waals surface area contributed by atoms with Crippen LogP contribution in [0.3, 0.4) is 0 Å². The highest BCUT2D eigenvalue weighted by Gasteiger charge is 2.19. The summed E-state index contributed by atoms with van der Waals surface area (Å²) in [7, 11) is 0. The van der Waals surface area contributed by atoms with Gasteiger partial charge >= 0.3 is 0 Å². The predicted molar refractivity (Wildman–Crippen MR) is 92.5 cm³/mol. The fraction of sp³-hybridized carbons (Fsp3) is 0.167. The fourth-order valence-corrected chi connectivity index (χ4v) is 2.65. The van der Waals surface area contributed by atoms with Gasteiger partial charge in [0.2, 0.25) is 0 Å². The third kappa shape index (κ3) is 3.51. The van der Waals surface area contributed by atoms with Crippen LogP contribution in [0.25, 0.3) is 0 Å². The van der Waals surface area contributed by atoms with Crippen molar-refractivity contribution in [3.63, 3.8) is 0 Å². The first-order valence-corrected chi connectivity index (χ1v) is 7.99. The van der Waals surface area contributed by atoms with E-state index in [0.717, 1.165) is 11.3 Å². The minimum Gasteiger partial charge on any atom is -0.355 e. The maximum Gasteiger partial charge on any atom is 0.186 e. The van der Waals surface area contributed by atoms with Crippen LogP contribution in [0.15, 0.2) is 55.0 Å². The summed E-state index contributed by atoms with van der Waals surface area (Å²) in [4.78, 5) is 12.4. The Balaban J connectivity index is 2.03. The van der Waals surface area contributed by atoms with Crippen molar-refractivity contribution in [2.75, 3.05) is 5.32 Å². The van der Waals surface area contributed by atoms with Gasteiger partial charge in [0.15, 0.2) is 11.6 Å². The van der Waals surface area contributed by atoms with E-state index in [2.05, 4.69) is 20.3 Å². The van der Waals surface area contributed by atoms with Crippen molar-refractivity contribution in [1.29, 1.82) is 0 Å². The molecule has 1 atom stereocenters. The van der Waals surface area contributed by atoms with Crippen molar-refractivity contribution in [3.05, 3.63) is 82.8 Å². The molecule has 1 N–H and O–H groups in total. The molecule has 24 heavy (non-hydrogen) atoms. The van der Waals surface area contributed by atoms with Gasteiger partial charge in [-0.3, -0.25) is 4.98 Å². The third-order valence-electron chi connectivity index (χ3n) is 3.64. The molecule has 0 amide bonds. The van der Waals surface area contributed by atoms with E-state index in [1.165, 1.54) is 6.33 Å². The summed E-state index contributed by atoms with van der Waals surface area (Å²) >= 11 is 6.11. The second-order valence-corrected chi connectivity index (χ2v) is 5.66. The second kappa shape index (κ2) is 7.36. The molecule has 122 valence electrons. The Morgan fingerprint density at radius 3 is 2.71 bits per heavy atom. The molecule has 4 nitrogen and oxygen atoms in total. The molecule has 0 fully saturated rings. The van der Waals surface area contributed by atoms with Crippen LogP contribution in [0.1, 0.15) is 29.9 Å². The summed E-state index contributed by atoms with van der Waals surface area (Å²) in [5.74, 6) is -0.291. The van der Waals surface area contributed by atoms with Gasteiger partial charge in [0, 0.05) is 11.2 Å². The van der Waals surface area contributed by atoms with Crippen molar-refractivity contribution in [3.8, 4) is 0 Å². The van der Waals surface area contributed by atoms with Crippen LogP contribution in [0.5, 0.6) is 0 Å². The number of anilines is 1. The van der Waals surface area contributed by atoms with Gasteiger partial charge in [-0.05, 0) is 36.2 Å². The minimum atomic E-state index is -0.442. The first-order valence-electron chi connectivity index (χ1n) is 7.61. The Bertz CT molecular complexity index is 826. The first-order chi connectivity index (χ1) is 11.7. The van der Waals surface area contributed by atoms with E-state index in [1.807, 2.05) is 43.3 Å². The van der Waals surface area contributed by atoms with Gasteiger partial charge in [-0.25, -0.2) is 14.4 Å². The number of benzene rings is 1. The molecule has 0 spiro atoms. The first kappa shape index (κ1) is 16.3.